The monoisotopic (exact) mass is 1060 g/mol. The van der Waals surface area contributed by atoms with E-state index in [-0.39, 0.29) is 55.4 Å². The lowest BCUT2D eigenvalue weighted by Crippen LogP contribution is -2.61. The molecule has 2 aliphatic heterocycles. The Labute approximate surface area is 481 Å². The first-order valence-electron chi connectivity index (χ1n) is 31.8. The van der Waals surface area contributed by atoms with Gasteiger partial charge in [0.25, 0.3) is 6.71 Å². The van der Waals surface area contributed by atoms with Crippen molar-refractivity contribution in [1.82, 2.24) is 0 Å². The standard InChI is InChI=1S/C75H93BN2S/c1-43-28-51-55(72(12,13)25-22-68(51,4)5)37-59(43)78-62-33-47(75-40-44-29-45(41-75)31-46(30-44)42-75)32-61-64(62)76(66-65(78)49-35-53-57(39-63(49)79-66)74(16,17)27-23-70(53,8)9)58-36-54-56(73(14,15)26-24-71(54,10)11)38-60(58)77(61)48-18-19-50-52(34-48)69(6,7)21-20-67(50,2)3/h18-19,28,32-39,44-46H,20-27,29-31,40-42H2,1-17H3. The average molecular weight is 1070 g/mol. The fraction of sp³-hybridized carbons (Fsp3) is 0.573. The number of anilines is 6. The molecule has 6 aromatic rings. The van der Waals surface area contributed by atoms with E-state index in [1.807, 2.05) is 0 Å². The summed E-state index contributed by atoms with van der Waals surface area (Å²) in [5.41, 5.74) is 28.1. The van der Waals surface area contributed by atoms with E-state index < -0.39 is 0 Å². The topological polar surface area (TPSA) is 6.48 Å². The summed E-state index contributed by atoms with van der Waals surface area (Å²) in [4.78, 5) is 5.83. The van der Waals surface area contributed by atoms with Crippen LogP contribution in [0.4, 0.5) is 34.1 Å². The number of nitrogens with zero attached hydrogens (tertiary/aromatic N) is 2. The van der Waals surface area contributed by atoms with Crippen LogP contribution in [0.5, 0.6) is 0 Å². The Morgan fingerprint density at radius 2 is 0.835 bits per heavy atom. The second-order valence-corrected chi connectivity index (χ2v) is 35.0. The summed E-state index contributed by atoms with van der Waals surface area (Å²) >= 11 is 2.15. The summed E-state index contributed by atoms with van der Waals surface area (Å²) in [5, 5.41) is 1.47. The maximum atomic E-state index is 2.95. The van der Waals surface area contributed by atoms with Crippen LogP contribution in [0.25, 0.3) is 10.1 Å². The van der Waals surface area contributed by atoms with Gasteiger partial charge < -0.3 is 9.80 Å². The van der Waals surface area contributed by atoms with Crippen molar-refractivity contribution < 1.29 is 0 Å². The largest absolute Gasteiger partial charge is 0.311 e. The molecule has 5 aromatic carbocycles. The highest BCUT2D eigenvalue weighted by Gasteiger charge is 2.55. The molecule has 0 spiro atoms. The summed E-state index contributed by atoms with van der Waals surface area (Å²) in [7, 11) is 0. The van der Waals surface area contributed by atoms with Crippen LogP contribution in [0.2, 0.25) is 0 Å². The van der Waals surface area contributed by atoms with Crippen LogP contribution in [0.3, 0.4) is 0 Å². The van der Waals surface area contributed by atoms with E-state index in [1.165, 1.54) is 151 Å². The number of fused-ring (bicyclic) bond motifs is 10. The van der Waals surface area contributed by atoms with Crippen molar-refractivity contribution in [1.29, 1.82) is 0 Å². The first kappa shape index (κ1) is 51.6. The Bertz CT molecular complexity index is 3620. The maximum Gasteiger partial charge on any atom is 0.264 e. The van der Waals surface area contributed by atoms with Crippen molar-refractivity contribution in [2.75, 3.05) is 9.80 Å². The minimum Gasteiger partial charge on any atom is -0.311 e. The molecule has 4 saturated carbocycles. The van der Waals surface area contributed by atoms with Gasteiger partial charge in [-0.1, -0.05) is 129 Å². The van der Waals surface area contributed by atoms with E-state index in [0.29, 0.717) is 0 Å². The van der Waals surface area contributed by atoms with Gasteiger partial charge in [0, 0.05) is 43.3 Å². The fourth-order valence-electron chi connectivity index (χ4n) is 19.6. The molecule has 79 heavy (non-hydrogen) atoms. The highest BCUT2D eigenvalue weighted by atomic mass is 32.1. The molecule has 3 heterocycles. The lowest BCUT2D eigenvalue weighted by Gasteiger charge is -2.57. The van der Waals surface area contributed by atoms with E-state index in [9.17, 15) is 0 Å². The lowest BCUT2D eigenvalue weighted by atomic mass is 9.35. The van der Waals surface area contributed by atoms with Crippen LogP contribution < -0.4 is 25.5 Å². The van der Waals surface area contributed by atoms with Gasteiger partial charge in [0.1, 0.15) is 0 Å². The van der Waals surface area contributed by atoms with E-state index in [1.54, 1.807) is 54.8 Å². The average Bonchev–Trinajstić information content (AvgIpc) is 2.65. The summed E-state index contributed by atoms with van der Waals surface area (Å²) in [6.45, 7) is 43.1. The number of aryl methyl sites for hydroxylation is 1. The highest BCUT2D eigenvalue weighted by Crippen LogP contribution is 2.63. The minimum atomic E-state index is 0.0665. The summed E-state index contributed by atoms with van der Waals surface area (Å²) in [6.07, 6.45) is 18.1. The number of benzene rings is 5. The van der Waals surface area contributed by atoms with Gasteiger partial charge in [-0.05, 0) is 278 Å². The van der Waals surface area contributed by atoms with Crippen LogP contribution in [-0.4, -0.2) is 6.71 Å². The first-order valence-corrected chi connectivity index (χ1v) is 32.6. The van der Waals surface area contributed by atoms with Gasteiger partial charge in [0.05, 0.1) is 5.69 Å². The smallest absolute Gasteiger partial charge is 0.264 e. The second-order valence-electron chi connectivity index (χ2n) is 33.9. The van der Waals surface area contributed by atoms with Crippen LogP contribution in [0, 0.1) is 24.7 Å². The van der Waals surface area contributed by atoms with Crippen molar-refractivity contribution in [2.45, 2.75) is 256 Å². The molecule has 2 nitrogen and oxygen atoms in total. The van der Waals surface area contributed by atoms with Gasteiger partial charge in [-0.15, -0.1) is 11.3 Å². The van der Waals surface area contributed by atoms with Gasteiger partial charge in [-0.25, -0.2) is 0 Å². The Morgan fingerprint density at radius 1 is 0.418 bits per heavy atom. The molecule has 0 saturated heterocycles. The third kappa shape index (κ3) is 7.19. The number of rotatable bonds is 3. The van der Waals surface area contributed by atoms with Gasteiger partial charge >= 0.3 is 0 Å². The van der Waals surface area contributed by atoms with Crippen molar-refractivity contribution in [3.8, 4) is 0 Å². The molecule has 0 unspecified atom stereocenters. The summed E-state index contributed by atoms with van der Waals surface area (Å²) in [5.74, 6) is 2.55. The van der Waals surface area contributed by atoms with Crippen LogP contribution in [-0.2, 0) is 48.7 Å². The summed E-state index contributed by atoms with van der Waals surface area (Å²) < 4.78 is 3.01. The van der Waals surface area contributed by atoms with Crippen LogP contribution in [0.15, 0.2) is 66.7 Å². The van der Waals surface area contributed by atoms with Gasteiger partial charge in [0.15, 0.2) is 0 Å². The molecule has 4 heteroatoms. The molecule has 8 aliphatic carbocycles. The first-order chi connectivity index (χ1) is 36.9. The zero-order chi connectivity index (χ0) is 55.5. The molecule has 0 N–H and O–H groups in total. The van der Waals surface area contributed by atoms with Crippen molar-refractivity contribution in [3.05, 3.63) is 122 Å². The Hall–Kier alpha value is -4.28. The van der Waals surface area contributed by atoms with Crippen LogP contribution in [0.1, 0.15) is 256 Å². The molecule has 412 valence electrons. The zero-order valence-electron chi connectivity index (χ0n) is 51.9. The number of hydrogen-bond donors (Lipinski definition) is 0. The third-order valence-electron chi connectivity index (χ3n) is 24.8. The molecule has 0 radical (unpaired) electrons. The summed E-state index contributed by atoms with van der Waals surface area (Å²) in [6, 6.07) is 30.1. The molecule has 16 rings (SSSR count). The third-order valence-corrected chi connectivity index (χ3v) is 26.0. The van der Waals surface area contributed by atoms with Crippen LogP contribution >= 0.6 is 11.3 Å². The van der Waals surface area contributed by atoms with Crippen molar-refractivity contribution in [3.63, 3.8) is 0 Å². The van der Waals surface area contributed by atoms with E-state index in [4.69, 9.17) is 0 Å². The maximum absolute atomic E-state index is 2.95. The van der Waals surface area contributed by atoms with E-state index in [0.717, 1.165) is 17.8 Å². The lowest BCUT2D eigenvalue weighted by molar-refractivity contribution is -0.00514. The predicted octanol–water partition coefficient (Wildman–Crippen LogP) is 19.2. The molecular weight excluding hydrogens is 972 g/mol. The molecule has 0 amide bonds. The van der Waals surface area contributed by atoms with Crippen molar-refractivity contribution >= 4 is 78.0 Å². The van der Waals surface area contributed by atoms with E-state index >= 15 is 0 Å². The molecule has 1 aromatic heterocycles. The SMILES string of the molecule is Cc1cc2c(cc1N1c3cc(C45CC6CC(CC(C6)C4)C5)cc4c3B(c3cc5c(cc3N4c3ccc4c(c3)C(C)(C)CCC4(C)C)C(C)(C)CCC5(C)C)c3sc4cc5c(cc4c31)C(C)(C)CCC5(C)C)C(C)(C)CCC2(C)C. The Kier molecular flexibility index (Phi) is 10.4. The quantitative estimate of drug-likeness (QED) is 0.163. The number of thiophene rings is 1. The Morgan fingerprint density at radius 3 is 1.35 bits per heavy atom. The minimum absolute atomic E-state index is 0.0665. The molecule has 4 fully saturated rings. The molecule has 10 aliphatic rings. The zero-order valence-corrected chi connectivity index (χ0v) is 52.7. The molecule has 4 bridgehead atoms. The molecular formula is C75H93BN2S. The number of hydrogen-bond acceptors (Lipinski definition) is 3. The van der Waals surface area contributed by atoms with Gasteiger partial charge in [-0.2, -0.15) is 0 Å². The van der Waals surface area contributed by atoms with E-state index in [2.05, 4.69) is 206 Å². The second kappa shape index (κ2) is 15.9. The normalized spacial score (nSPS) is 28.5. The molecule has 0 atom stereocenters. The predicted molar refractivity (Wildman–Crippen MR) is 342 cm³/mol. The Balaban J connectivity index is 1.11. The van der Waals surface area contributed by atoms with Crippen molar-refractivity contribution in [2.24, 2.45) is 17.8 Å². The van der Waals surface area contributed by atoms with Gasteiger partial charge in [0.2, 0.25) is 0 Å². The fourth-order valence-corrected chi connectivity index (χ4v) is 20.9. The highest BCUT2D eigenvalue weighted by molar-refractivity contribution is 7.33. The van der Waals surface area contributed by atoms with Gasteiger partial charge in [-0.3, -0.25) is 0 Å².